The second-order valence-electron chi connectivity index (χ2n) is 6.01. The highest BCUT2D eigenvalue weighted by molar-refractivity contribution is 5.90. The van der Waals surface area contributed by atoms with Crippen LogP contribution >= 0.6 is 0 Å². The molecule has 0 aliphatic heterocycles. The van der Waals surface area contributed by atoms with E-state index in [2.05, 4.69) is 40.3 Å². The molecule has 3 aromatic carbocycles. The zero-order valence-corrected chi connectivity index (χ0v) is 14.4. The molecule has 0 saturated carbocycles. The van der Waals surface area contributed by atoms with Gasteiger partial charge in [0.2, 0.25) is 0 Å². The summed E-state index contributed by atoms with van der Waals surface area (Å²) in [5.74, 6) is 0.457. The summed E-state index contributed by atoms with van der Waals surface area (Å²) in [5.41, 5.74) is 3.51. The number of nitrogens with zero attached hydrogens (tertiary/aromatic N) is 1. The van der Waals surface area contributed by atoms with Crippen LogP contribution in [-0.2, 0) is 4.74 Å². The number of H-pyrrole nitrogens is 1. The summed E-state index contributed by atoms with van der Waals surface area (Å²) >= 11 is 0. The Bertz CT molecular complexity index is 1060. The molecule has 0 amide bonds. The first-order chi connectivity index (χ1) is 12.7. The third-order valence-electron chi connectivity index (χ3n) is 4.31. The SMILES string of the molecule is CCOC(=O)c1ccc(-c2ncc(-c3ccc4ccccc4c3)[nH]2)cc1. The van der Waals surface area contributed by atoms with Crippen LogP contribution in [0.1, 0.15) is 17.3 Å². The van der Waals surface area contributed by atoms with Crippen molar-refractivity contribution in [2.24, 2.45) is 0 Å². The Morgan fingerprint density at radius 1 is 0.962 bits per heavy atom. The van der Waals surface area contributed by atoms with Crippen molar-refractivity contribution in [3.8, 4) is 22.6 Å². The Labute approximate surface area is 151 Å². The van der Waals surface area contributed by atoms with E-state index < -0.39 is 0 Å². The van der Waals surface area contributed by atoms with Gasteiger partial charge in [-0.05, 0) is 35.9 Å². The second kappa shape index (κ2) is 6.84. The van der Waals surface area contributed by atoms with Gasteiger partial charge in [0, 0.05) is 11.1 Å². The molecule has 0 atom stereocenters. The van der Waals surface area contributed by atoms with Gasteiger partial charge in [-0.2, -0.15) is 0 Å². The number of esters is 1. The molecule has 1 N–H and O–H groups in total. The van der Waals surface area contributed by atoms with Crippen molar-refractivity contribution in [2.75, 3.05) is 6.61 Å². The van der Waals surface area contributed by atoms with Gasteiger partial charge in [-0.15, -0.1) is 0 Å². The van der Waals surface area contributed by atoms with Crippen molar-refractivity contribution in [3.05, 3.63) is 78.5 Å². The molecule has 4 aromatic rings. The Kier molecular flexibility index (Phi) is 4.23. The van der Waals surface area contributed by atoms with E-state index in [-0.39, 0.29) is 5.97 Å². The van der Waals surface area contributed by atoms with Crippen LogP contribution in [0.2, 0.25) is 0 Å². The molecule has 0 saturated heterocycles. The fraction of sp³-hybridized carbons (Fsp3) is 0.0909. The fourth-order valence-electron chi connectivity index (χ4n) is 2.95. The van der Waals surface area contributed by atoms with Gasteiger partial charge in [-0.25, -0.2) is 9.78 Å². The highest BCUT2D eigenvalue weighted by Gasteiger charge is 2.09. The number of aromatic amines is 1. The maximum atomic E-state index is 11.7. The summed E-state index contributed by atoms with van der Waals surface area (Å²) < 4.78 is 5.01. The van der Waals surface area contributed by atoms with Crippen molar-refractivity contribution >= 4 is 16.7 Å². The molecular weight excluding hydrogens is 324 g/mol. The van der Waals surface area contributed by atoms with E-state index in [0.717, 1.165) is 22.6 Å². The van der Waals surface area contributed by atoms with Crippen molar-refractivity contribution in [3.63, 3.8) is 0 Å². The van der Waals surface area contributed by atoms with Crippen LogP contribution in [0.4, 0.5) is 0 Å². The maximum Gasteiger partial charge on any atom is 0.338 e. The number of carbonyl (C=O) groups is 1. The normalized spacial score (nSPS) is 10.8. The fourth-order valence-corrected chi connectivity index (χ4v) is 2.95. The lowest BCUT2D eigenvalue weighted by molar-refractivity contribution is 0.0526. The Morgan fingerprint density at radius 3 is 2.46 bits per heavy atom. The Balaban J connectivity index is 1.61. The number of imidazole rings is 1. The zero-order valence-electron chi connectivity index (χ0n) is 14.4. The third-order valence-corrected chi connectivity index (χ3v) is 4.31. The van der Waals surface area contributed by atoms with Crippen molar-refractivity contribution in [2.45, 2.75) is 6.92 Å². The molecule has 0 radical (unpaired) electrons. The van der Waals surface area contributed by atoms with E-state index in [0.29, 0.717) is 12.2 Å². The Hall–Kier alpha value is -3.40. The zero-order chi connectivity index (χ0) is 17.9. The summed E-state index contributed by atoms with van der Waals surface area (Å²) in [7, 11) is 0. The number of hydrogen-bond acceptors (Lipinski definition) is 3. The number of ether oxygens (including phenoxy) is 1. The van der Waals surface area contributed by atoms with Crippen LogP contribution in [0, 0.1) is 0 Å². The average molecular weight is 342 g/mol. The molecule has 1 heterocycles. The van der Waals surface area contributed by atoms with E-state index >= 15 is 0 Å². The smallest absolute Gasteiger partial charge is 0.338 e. The molecule has 4 heteroatoms. The average Bonchev–Trinajstić information content (AvgIpc) is 3.18. The molecule has 0 aliphatic carbocycles. The molecule has 4 rings (SSSR count). The molecule has 0 aliphatic rings. The van der Waals surface area contributed by atoms with Gasteiger partial charge in [0.15, 0.2) is 0 Å². The second-order valence-corrected chi connectivity index (χ2v) is 6.01. The summed E-state index contributed by atoms with van der Waals surface area (Å²) in [4.78, 5) is 19.6. The molecule has 0 spiro atoms. The van der Waals surface area contributed by atoms with Crippen LogP contribution in [-0.4, -0.2) is 22.5 Å². The highest BCUT2D eigenvalue weighted by atomic mass is 16.5. The van der Waals surface area contributed by atoms with Crippen molar-refractivity contribution < 1.29 is 9.53 Å². The predicted molar refractivity (Wildman–Crippen MR) is 103 cm³/mol. The molecule has 1 aromatic heterocycles. The molecule has 26 heavy (non-hydrogen) atoms. The van der Waals surface area contributed by atoms with E-state index in [1.165, 1.54) is 10.8 Å². The number of aromatic nitrogens is 2. The number of nitrogens with one attached hydrogen (secondary N) is 1. The summed E-state index contributed by atoms with van der Waals surface area (Å²) in [6.45, 7) is 2.16. The van der Waals surface area contributed by atoms with E-state index in [1.807, 2.05) is 30.5 Å². The quantitative estimate of drug-likeness (QED) is 0.527. The molecule has 4 nitrogen and oxygen atoms in total. The van der Waals surface area contributed by atoms with Gasteiger partial charge in [0.1, 0.15) is 5.82 Å². The summed E-state index contributed by atoms with van der Waals surface area (Å²) in [5, 5.41) is 2.41. The van der Waals surface area contributed by atoms with Crippen molar-refractivity contribution in [1.82, 2.24) is 9.97 Å². The maximum absolute atomic E-state index is 11.7. The van der Waals surface area contributed by atoms with Crippen LogP contribution in [0.15, 0.2) is 72.9 Å². The third kappa shape index (κ3) is 3.09. The van der Waals surface area contributed by atoms with Gasteiger partial charge in [0.05, 0.1) is 24.1 Å². The van der Waals surface area contributed by atoms with Crippen molar-refractivity contribution in [1.29, 1.82) is 0 Å². The minimum atomic E-state index is -0.310. The van der Waals surface area contributed by atoms with E-state index in [1.54, 1.807) is 19.1 Å². The number of hydrogen-bond donors (Lipinski definition) is 1. The van der Waals surface area contributed by atoms with Gasteiger partial charge < -0.3 is 9.72 Å². The number of rotatable bonds is 4. The van der Waals surface area contributed by atoms with E-state index in [4.69, 9.17) is 4.74 Å². The topological polar surface area (TPSA) is 55.0 Å². The molecule has 128 valence electrons. The first-order valence-electron chi connectivity index (χ1n) is 8.56. The minimum Gasteiger partial charge on any atom is -0.462 e. The van der Waals surface area contributed by atoms with Crippen LogP contribution in [0.25, 0.3) is 33.4 Å². The molecule has 0 bridgehead atoms. The Morgan fingerprint density at radius 2 is 1.69 bits per heavy atom. The largest absolute Gasteiger partial charge is 0.462 e. The lowest BCUT2D eigenvalue weighted by Crippen LogP contribution is -2.04. The van der Waals surface area contributed by atoms with Crippen LogP contribution in [0.5, 0.6) is 0 Å². The lowest BCUT2D eigenvalue weighted by atomic mass is 10.1. The lowest BCUT2D eigenvalue weighted by Gasteiger charge is -2.03. The predicted octanol–water partition coefficient (Wildman–Crippen LogP) is 5.07. The van der Waals surface area contributed by atoms with Crippen LogP contribution in [0.3, 0.4) is 0 Å². The van der Waals surface area contributed by atoms with Gasteiger partial charge in [-0.1, -0.05) is 48.5 Å². The highest BCUT2D eigenvalue weighted by Crippen LogP contribution is 2.25. The van der Waals surface area contributed by atoms with Crippen LogP contribution < -0.4 is 0 Å². The monoisotopic (exact) mass is 342 g/mol. The number of fused-ring (bicyclic) bond motifs is 1. The standard InChI is InChI=1S/C22H18N2O2/c1-2-26-22(25)17-10-8-16(9-11-17)21-23-14-20(24-21)19-12-7-15-5-3-4-6-18(15)13-19/h3-14H,2H2,1H3,(H,23,24). The van der Waals surface area contributed by atoms with Gasteiger partial charge >= 0.3 is 5.97 Å². The molecule has 0 fully saturated rings. The van der Waals surface area contributed by atoms with Gasteiger partial charge in [-0.3, -0.25) is 0 Å². The summed E-state index contributed by atoms with van der Waals surface area (Å²) in [6.07, 6.45) is 1.83. The summed E-state index contributed by atoms with van der Waals surface area (Å²) in [6, 6.07) is 21.9. The molecule has 0 unspecified atom stereocenters. The van der Waals surface area contributed by atoms with E-state index in [9.17, 15) is 4.79 Å². The van der Waals surface area contributed by atoms with Gasteiger partial charge in [0.25, 0.3) is 0 Å². The number of benzene rings is 3. The minimum absolute atomic E-state index is 0.310. The first-order valence-corrected chi connectivity index (χ1v) is 8.56. The molecular formula is C22H18N2O2. The first kappa shape index (κ1) is 16.1. The number of carbonyl (C=O) groups excluding carboxylic acids is 1.